The fourth-order valence-corrected chi connectivity index (χ4v) is 2.38. The summed E-state index contributed by atoms with van der Waals surface area (Å²) in [6.07, 6.45) is 3.55. The molecule has 15 heavy (non-hydrogen) atoms. The standard InChI is InChI=1S/C14H20O/c1-4-8-14(2,3)12-5-6-13-11(10-12)7-9-15-13/h5-6,10H,4,7-9H2,1-3H3. The zero-order chi connectivity index (χ0) is 10.9. The molecule has 0 bridgehead atoms. The molecule has 1 aromatic rings. The van der Waals surface area contributed by atoms with Gasteiger partial charge in [-0.25, -0.2) is 0 Å². The molecular formula is C14H20O. The van der Waals surface area contributed by atoms with Crippen LogP contribution >= 0.6 is 0 Å². The average Bonchev–Trinajstić information content (AvgIpc) is 2.63. The third kappa shape index (κ3) is 2.01. The Kier molecular flexibility index (Phi) is 2.72. The molecule has 0 radical (unpaired) electrons. The molecule has 0 aromatic heterocycles. The summed E-state index contributed by atoms with van der Waals surface area (Å²) in [5, 5.41) is 0. The van der Waals surface area contributed by atoms with Crippen LogP contribution in [0.5, 0.6) is 5.75 Å². The molecule has 1 heterocycles. The van der Waals surface area contributed by atoms with Crippen molar-refractivity contribution in [2.75, 3.05) is 6.61 Å². The predicted octanol–water partition coefficient (Wildman–Crippen LogP) is 3.70. The second-order valence-electron chi connectivity index (χ2n) is 5.05. The quantitative estimate of drug-likeness (QED) is 0.729. The van der Waals surface area contributed by atoms with Crippen LogP contribution in [0.2, 0.25) is 0 Å². The number of fused-ring (bicyclic) bond motifs is 1. The number of hydrogen-bond donors (Lipinski definition) is 0. The molecule has 0 saturated carbocycles. The van der Waals surface area contributed by atoms with E-state index in [4.69, 9.17) is 4.74 Å². The van der Waals surface area contributed by atoms with E-state index in [1.165, 1.54) is 24.0 Å². The number of hydrogen-bond acceptors (Lipinski definition) is 1. The zero-order valence-corrected chi connectivity index (χ0v) is 9.97. The highest BCUT2D eigenvalue weighted by atomic mass is 16.5. The summed E-state index contributed by atoms with van der Waals surface area (Å²) < 4.78 is 5.53. The summed E-state index contributed by atoms with van der Waals surface area (Å²) in [6, 6.07) is 6.69. The minimum atomic E-state index is 0.298. The van der Waals surface area contributed by atoms with Gasteiger partial charge in [0.05, 0.1) is 6.61 Å². The van der Waals surface area contributed by atoms with Gasteiger partial charge < -0.3 is 4.74 Å². The normalized spacial score (nSPS) is 14.9. The third-order valence-corrected chi connectivity index (χ3v) is 3.35. The first-order valence-electron chi connectivity index (χ1n) is 5.90. The van der Waals surface area contributed by atoms with Gasteiger partial charge in [-0.05, 0) is 29.0 Å². The van der Waals surface area contributed by atoms with Crippen molar-refractivity contribution in [3.05, 3.63) is 29.3 Å². The van der Waals surface area contributed by atoms with Crippen molar-refractivity contribution < 1.29 is 4.74 Å². The Labute approximate surface area is 92.5 Å². The molecule has 0 aliphatic carbocycles. The van der Waals surface area contributed by atoms with E-state index in [2.05, 4.69) is 39.0 Å². The Morgan fingerprint density at radius 3 is 2.87 bits per heavy atom. The van der Waals surface area contributed by atoms with Crippen LogP contribution in [0.1, 0.15) is 44.7 Å². The van der Waals surface area contributed by atoms with Gasteiger partial charge in [0.1, 0.15) is 5.75 Å². The summed E-state index contributed by atoms with van der Waals surface area (Å²) in [6.45, 7) is 7.76. The number of benzene rings is 1. The molecule has 1 heteroatoms. The maximum atomic E-state index is 5.53. The monoisotopic (exact) mass is 204 g/mol. The van der Waals surface area contributed by atoms with E-state index in [0.717, 1.165) is 18.8 Å². The first-order chi connectivity index (χ1) is 7.13. The molecule has 0 N–H and O–H groups in total. The lowest BCUT2D eigenvalue weighted by molar-refractivity contribution is 0.356. The molecule has 82 valence electrons. The van der Waals surface area contributed by atoms with E-state index >= 15 is 0 Å². The minimum Gasteiger partial charge on any atom is -0.493 e. The molecule has 2 rings (SSSR count). The van der Waals surface area contributed by atoms with Gasteiger partial charge in [-0.15, -0.1) is 0 Å². The first-order valence-corrected chi connectivity index (χ1v) is 5.90. The maximum absolute atomic E-state index is 5.53. The van der Waals surface area contributed by atoms with Gasteiger partial charge in [0.15, 0.2) is 0 Å². The van der Waals surface area contributed by atoms with E-state index in [9.17, 15) is 0 Å². The van der Waals surface area contributed by atoms with Crippen molar-refractivity contribution in [1.29, 1.82) is 0 Å². The van der Waals surface area contributed by atoms with E-state index in [1.807, 2.05) is 0 Å². The van der Waals surface area contributed by atoms with Crippen LogP contribution in [0.4, 0.5) is 0 Å². The smallest absolute Gasteiger partial charge is 0.122 e. The fourth-order valence-electron chi connectivity index (χ4n) is 2.38. The van der Waals surface area contributed by atoms with E-state index in [0.29, 0.717) is 5.41 Å². The van der Waals surface area contributed by atoms with Crippen molar-refractivity contribution >= 4 is 0 Å². The largest absolute Gasteiger partial charge is 0.493 e. The van der Waals surface area contributed by atoms with Crippen molar-refractivity contribution in [2.24, 2.45) is 0 Å². The molecule has 1 aliphatic heterocycles. The van der Waals surface area contributed by atoms with Gasteiger partial charge in [-0.3, -0.25) is 0 Å². The summed E-state index contributed by atoms with van der Waals surface area (Å²) >= 11 is 0. The number of ether oxygens (including phenoxy) is 1. The van der Waals surface area contributed by atoms with E-state index in [1.54, 1.807) is 0 Å². The Balaban J connectivity index is 2.29. The average molecular weight is 204 g/mol. The Morgan fingerprint density at radius 2 is 2.13 bits per heavy atom. The number of rotatable bonds is 3. The van der Waals surface area contributed by atoms with Crippen LogP contribution < -0.4 is 4.74 Å². The van der Waals surface area contributed by atoms with Crippen LogP contribution in [0.25, 0.3) is 0 Å². The minimum absolute atomic E-state index is 0.298. The Morgan fingerprint density at radius 1 is 1.33 bits per heavy atom. The summed E-state index contributed by atoms with van der Waals surface area (Å²) in [4.78, 5) is 0. The fraction of sp³-hybridized carbons (Fsp3) is 0.571. The summed E-state index contributed by atoms with van der Waals surface area (Å²) in [5.41, 5.74) is 3.14. The molecule has 1 aliphatic rings. The van der Waals surface area contributed by atoms with Crippen LogP contribution in [0.15, 0.2) is 18.2 Å². The van der Waals surface area contributed by atoms with Gasteiger partial charge in [-0.2, -0.15) is 0 Å². The maximum Gasteiger partial charge on any atom is 0.122 e. The molecule has 0 unspecified atom stereocenters. The summed E-state index contributed by atoms with van der Waals surface area (Å²) in [5.74, 6) is 1.09. The Hall–Kier alpha value is -0.980. The molecule has 1 aromatic carbocycles. The van der Waals surface area contributed by atoms with E-state index < -0.39 is 0 Å². The van der Waals surface area contributed by atoms with Crippen LogP contribution in [-0.2, 0) is 11.8 Å². The lowest BCUT2D eigenvalue weighted by Gasteiger charge is -2.25. The van der Waals surface area contributed by atoms with Crippen LogP contribution in [0, 0.1) is 0 Å². The molecule has 1 nitrogen and oxygen atoms in total. The van der Waals surface area contributed by atoms with Crippen molar-refractivity contribution in [1.82, 2.24) is 0 Å². The molecule has 0 fully saturated rings. The second-order valence-corrected chi connectivity index (χ2v) is 5.05. The SMILES string of the molecule is CCCC(C)(C)c1ccc2c(c1)CCO2. The molecule has 0 spiro atoms. The lowest BCUT2D eigenvalue weighted by atomic mass is 9.80. The van der Waals surface area contributed by atoms with Crippen LogP contribution in [-0.4, -0.2) is 6.61 Å². The third-order valence-electron chi connectivity index (χ3n) is 3.35. The molecular weight excluding hydrogens is 184 g/mol. The predicted molar refractivity (Wildman–Crippen MR) is 63.6 cm³/mol. The van der Waals surface area contributed by atoms with Crippen molar-refractivity contribution in [3.8, 4) is 5.75 Å². The van der Waals surface area contributed by atoms with Crippen molar-refractivity contribution in [3.63, 3.8) is 0 Å². The summed E-state index contributed by atoms with van der Waals surface area (Å²) in [7, 11) is 0. The van der Waals surface area contributed by atoms with Crippen LogP contribution in [0.3, 0.4) is 0 Å². The highest BCUT2D eigenvalue weighted by Crippen LogP contribution is 2.33. The topological polar surface area (TPSA) is 9.23 Å². The second kappa shape index (κ2) is 3.88. The van der Waals surface area contributed by atoms with Gasteiger partial charge in [-0.1, -0.05) is 39.3 Å². The van der Waals surface area contributed by atoms with Gasteiger partial charge in [0.2, 0.25) is 0 Å². The molecule has 0 amide bonds. The highest BCUT2D eigenvalue weighted by Gasteiger charge is 2.22. The van der Waals surface area contributed by atoms with Crippen molar-refractivity contribution in [2.45, 2.75) is 45.4 Å². The Bertz CT molecular complexity index is 352. The zero-order valence-electron chi connectivity index (χ0n) is 9.97. The van der Waals surface area contributed by atoms with E-state index in [-0.39, 0.29) is 0 Å². The lowest BCUT2D eigenvalue weighted by Crippen LogP contribution is -2.16. The highest BCUT2D eigenvalue weighted by molar-refractivity contribution is 5.41. The van der Waals surface area contributed by atoms with Gasteiger partial charge in [0.25, 0.3) is 0 Å². The van der Waals surface area contributed by atoms with Gasteiger partial charge in [0, 0.05) is 6.42 Å². The molecule has 0 saturated heterocycles. The molecule has 0 atom stereocenters. The first kappa shape index (κ1) is 10.5. The van der Waals surface area contributed by atoms with Gasteiger partial charge >= 0.3 is 0 Å².